The lowest BCUT2D eigenvalue weighted by atomic mass is 10.3. The zero-order valence-corrected chi connectivity index (χ0v) is 9.58. The van der Waals surface area contributed by atoms with Crippen LogP contribution in [0.4, 0.5) is 0 Å². The molecule has 0 aromatic heterocycles. The Balaban J connectivity index is 2.37. The molecule has 0 saturated carbocycles. The van der Waals surface area contributed by atoms with Crippen LogP contribution in [0.2, 0.25) is 0 Å². The van der Waals surface area contributed by atoms with E-state index in [2.05, 4.69) is 5.32 Å². The fraction of sp³-hybridized carbons (Fsp3) is 0.545. The summed E-state index contributed by atoms with van der Waals surface area (Å²) in [5, 5.41) is 2.69. The van der Waals surface area contributed by atoms with E-state index < -0.39 is 0 Å². The van der Waals surface area contributed by atoms with Crippen molar-refractivity contribution < 1.29 is 14.4 Å². The van der Waals surface area contributed by atoms with Gasteiger partial charge in [0, 0.05) is 31.2 Å². The van der Waals surface area contributed by atoms with Crippen LogP contribution in [-0.2, 0) is 14.4 Å². The van der Waals surface area contributed by atoms with E-state index in [1.165, 1.54) is 6.08 Å². The SMILES string of the molecule is CCCNC(=O)CCN1C(=O)C=C(C)C1=O. The average Bonchev–Trinajstić information content (AvgIpc) is 2.48. The van der Waals surface area contributed by atoms with Gasteiger partial charge in [0.05, 0.1) is 0 Å². The van der Waals surface area contributed by atoms with Crippen LogP contribution >= 0.6 is 0 Å². The highest BCUT2D eigenvalue weighted by Crippen LogP contribution is 2.11. The van der Waals surface area contributed by atoms with Gasteiger partial charge in [-0.3, -0.25) is 19.3 Å². The van der Waals surface area contributed by atoms with Crippen molar-refractivity contribution in [2.24, 2.45) is 0 Å². The van der Waals surface area contributed by atoms with Crippen molar-refractivity contribution >= 4 is 17.7 Å². The van der Waals surface area contributed by atoms with Gasteiger partial charge in [0.25, 0.3) is 11.8 Å². The Hall–Kier alpha value is -1.65. The Labute approximate surface area is 94.5 Å². The van der Waals surface area contributed by atoms with Crippen molar-refractivity contribution in [2.45, 2.75) is 26.7 Å². The second kappa shape index (κ2) is 5.44. The third kappa shape index (κ3) is 2.92. The lowest BCUT2D eigenvalue weighted by molar-refractivity contribution is -0.137. The summed E-state index contributed by atoms with van der Waals surface area (Å²) >= 11 is 0. The quantitative estimate of drug-likeness (QED) is 0.679. The number of amides is 3. The summed E-state index contributed by atoms with van der Waals surface area (Å²) in [7, 11) is 0. The molecule has 0 unspecified atom stereocenters. The maximum atomic E-state index is 11.4. The van der Waals surface area contributed by atoms with Crippen LogP contribution in [0.5, 0.6) is 0 Å². The van der Waals surface area contributed by atoms with Crippen molar-refractivity contribution in [3.8, 4) is 0 Å². The van der Waals surface area contributed by atoms with Gasteiger partial charge in [-0.25, -0.2) is 0 Å². The summed E-state index contributed by atoms with van der Waals surface area (Å²) in [5.74, 6) is -0.758. The van der Waals surface area contributed by atoms with E-state index in [0.29, 0.717) is 12.1 Å². The first kappa shape index (κ1) is 12.4. The van der Waals surface area contributed by atoms with Crippen LogP contribution in [0.25, 0.3) is 0 Å². The molecule has 0 aliphatic carbocycles. The number of rotatable bonds is 5. The normalized spacial score (nSPS) is 15.4. The molecule has 0 aromatic carbocycles. The minimum atomic E-state index is -0.328. The highest BCUT2D eigenvalue weighted by atomic mass is 16.2. The Kier molecular flexibility index (Phi) is 4.22. The number of carbonyl (C=O) groups excluding carboxylic acids is 3. The molecule has 0 aromatic rings. The predicted octanol–water partition coefficient (Wildman–Crippen LogP) is 0.218. The standard InChI is InChI=1S/C11H16N2O3/c1-3-5-12-9(14)4-6-13-10(15)7-8(2)11(13)16/h7H,3-6H2,1-2H3,(H,12,14). The Morgan fingerprint density at radius 3 is 2.62 bits per heavy atom. The van der Waals surface area contributed by atoms with Crippen molar-refractivity contribution in [3.05, 3.63) is 11.6 Å². The zero-order valence-electron chi connectivity index (χ0n) is 9.58. The summed E-state index contributed by atoms with van der Waals surface area (Å²) in [5.41, 5.74) is 0.430. The van der Waals surface area contributed by atoms with E-state index in [1.54, 1.807) is 6.92 Å². The topological polar surface area (TPSA) is 66.5 Å². The fourth-order valence-corrected chi connectivity index (χ4v) is 1.42. The van der Waals surface area contributed by atoms with Crippen LogP contribution in [0.1, 0.15) is 26.7 Å². The number of nitrogens with one attached hydrogen (secondary N) is 1. The predicted molar refractivity (Wildman–Crippen MR) is 58.4 cm³/mol. The van der Waals surface area contributed by atoms with Crippen molar-refractivity contribution in [3.63, 3.8) is 0 Å². The smallest absolute Gasteiger partial charge is 0.256 e. The minimum Gasteiger partial charge on any atom is -0.356 e. The Morgan fingerprint density at radius 2 is 2.12 bits per heavy atom. The third-order valence-electron chi connectivity index (χ3n) is 2.32. The molecule has 5 heteroatoms. The largest absolute Gasteiger partial charge is 0.356 e. The molecule has 3 amide bonds. The molecule has 1 heterocycles. The molecule has 16 heavy (non-hydrogen) atoms. The number of imide groups is 1. The van der Waals surface area contributed by atoms with Gasteiger partial charge in [0.1, 0.15) is 0 Å². The maximum Gasteiger partial charge on any atom is 0.256 e. The molecule has 0 spiro atoms. The van der Waals surface area contributed by atoms with Crippen LogP contribution in [0, 0.1) is 0 Å². The molecule has 0 fully saturated rings. The van der Waals surface area contributed by atoms with Crippen LogP contribution < -0.4 is 5.32 Å². The van der Waals surface area contributed by atoms with Gasteiger partial charge in [-0.1, -0.05) is 6.92 Å². The summed E-state index contributed by atoms with van der Waals surface area (Å²) in [6.45, 7) is 4.33. The maximum absolute atomic E-state index is 11.4. The first-order valence-electron chi connectivity index (χ1n) is 5.37. The molecule has 1 aliphatic rings. The van der Waals surface area contributed by atoms with Crippen molar-refractivity contribution in [1.29, 1.82) is 0 Å². The molecule has 0 bridgehead atoms. The molecule has 5 nitrogen and oxygen atoms in total. The van der Waals surface area contributed by atoms with Crippen LogP contribution in [-0.4, -0.2) is 35.7 Å². The summed E-state index contributed by atoms with van der Waals surface area (Å²) in [4.78, 5) is 35.1. The Bertz CT molecular complexity index is 347. The fourth-order valence-electron chi connectivity index (χ4n) is 1.42. The average molecular weight is 224 g/mol. The second-order valence-corrected chi connectivity index (χ2v) is 3.72. The van der Waals surface area contributed by atoms with E-state index in [-0.39, 0.29) is 30.7 Å². The highest BCUT2D eigenvalue weighted by Gasteiger charge is 2.28. The number of hydrogen-bond donors (Lipinski definition) is 1. The number of nitrogens with zero attached hydrogens (tertiary/aromatic N) is 1. The molecule has 0 atom stereocenters. The van der Waals surface area contributed by atoms with E-state index in [4.69, 9.17) is 0 Å². The first-order valence-corrected chi connectivity index (χ1v) is 5.37. The van der Waals surface area contributed by atoms with E-state index in [1.807, 2.05) is 6.92 Å². The third-order valence-corrected chi connectivity index (χ3v) is 2.32. The van der Waals surface area contributed by atoms with Gasteiger partial charge in [-0.2, -0.15) is 0 Å². The van der Waals surface area contributed by atoms with Crippen molar-refractivity contribution in [2.75, 3.05) is 13.1 Å². The first-order chi connectivity index (χ1) is 7.56. The lowest BCUT2D eigenvalue weighted by Crippen LogP contribution is -2.35. The molecular weight excluding hydrogens is 208 g/mol. The summed E-state index contributed by atoms with van der Waals surface area (Å²) < 4.78 is 0. The van der Waals surface area contributed by atoms with Gasteiger partial charge in [0.2, 0.25) is 5.91 Å². The minimum absolute atomic E-state index is 0.132. The molecule has 0 radical (unpaired) electrons. The monoisotopic (exact) mass is 224 g/mol. The van der Waals surface area contributed by atoms with E-state index in [9.17, 15) is 14.4 Å². The lowest BCUT2D eigenvalue weighted by Gasteiger charge is -2.13. The second-order valence-electron chi connectivity index (χ2n) is 3.72. The van der Waals surface area contributed by atoms with Gasteiger partial charge in [0.15, 0.2) is 0 Å². The zero-order chi connectivity index (χ0) is 12.1. The van der Waals surface area contributed by atoms with Crippen molar-refractivity contribution in [1.82, 2.24) is 10.2 Å². The molecular formula is C11H16N2O3. The van der Waals surface area contributed by atoms with Crippen LogP contribution in [0.3, 0.4) is 0 Å². The number of hydrogen-bond acceptors (Lipinski definition) is 3. The molecule has 1 aliphatic heterocycles. The number of carbonyl (C=O) groups is 3. The van der Waals surface area contributed by atoms with Gasteiger partial charge < -0.3 is 5.32 Å². The molecule has 0 saturated heterocycles. The molecule has 88 valence electrons. The van der Waals surface area contributed by atoms with Gasteiger partial charge in [-0.15, -0.1) is 0 Å². The van der Waals surface area contributed by atoms with E-state index >= 15 is 0 Å². The Morgan fingerprint density at radius 1 is 1.44 bits per heavy atom. The summed E-state index contributed by atoms with van der Waals surface area (Å²) in [6, 6.07) is 0. The van der Waals surface area contributed by atoms with E-state index in [0.717, 1.165) is 11.3 Å². The van der Waals surface area contributed by atoms with Crippen LogP contribution in [0.15, 0.2) is 11.6 Å². The molecule has 1 rings (SSSR count). The molecule has 1 N–H and O–H groups in total. The highest BCUT2D eigenvalue weighted by molar-refractivity contribution is 6.15. The summed E-state index contributed by atoms with van der Waals surface area (Å²) in [6.07, 6.45) is 2.33. The van der Waals surface area contributed by atoms with Gasteiger partial charge >= 0.3 is 0 Å². The van der Waals surface area contributed by atoms with Gasteiger partial charge in [-0.05, 0) is 13.3 Å².